The summed E-state index contributed by atoms with van der Waals surface area (Å²) in [6.45, 7) is 7.58. The Balaban J connectivity index is 0.00000243. The molecule has 1 aromatic rings. The van der Waals surface area contributed by atoms with Gasteiger partial charge in [-0.05, 0) is 43.5 Å². The molecule has 1 unspecified atom stereocenters. The van der Waals surface area contributed by atoms with Crippen molar-refractivity contribution in [2.75, 3.05) is 46.9 Å². The quantitative estimate of drug-likeness (QED) is 0.376. The lowest BCUT2D eigenvalue weighted by molar-refractivity contribution is 0.280. The Morgan fingerprint density at radius 2 is 2.00 bits per heavy atom. The normalized spacial score (nSPS) is 20.2. The predicted molar refractivity (Wildman–Crippen MR) is 119 cm³/mol. The molecule has 2 fully saturated rings. The van der Waals surface area contributed by atoms with Crippen LogP contribution in [0, 0.1) is 0 Å². The molecule has 0 spiro atoms. The van der Waals surface area contributed by atoms with Gasteiger partial charge in [0.05, 0.1) is 7.11 Å². The standard InChI is InChI=1S/C20H32N4O.HI/c1-4-23(18-7-8-18)14-12-22-20(21-2)24-13-11-17(15-24)16-5-9-19(25-3)10-6-16;/h5-6,9-10,17-18H,4,7-8,11-15H2,1-3H3,(H,21,22);1H. The van der Waals surface area contributed by atoms with Crippen LogP contribution in [-0.2, 0) is 0 Å². The van der Waals surface area contributed by atoms with E-state index in [1.807, 2.05) is 7.05 Å². The Morgan fingerprint density at radius 3 is 2.58 bits per heavy atom. The highest BCUT2D eigenvalue weighted by atomic mass is 127. The van der Waals surface area contributed by atoms with Gasteiger partial charge in [-0.2, -0.15) is 0 Å². The molecule has 1 aromatic carbocycles. The zero-order valence-electron chi connectivity index (χ0n) is 16.3. The summed E-state index contributed by atoms with van der Waals surface area (Å²) in [6.07, 6.45) is 3.92. The molecule has 0 aromatic heterocycles. The molecule has 146 valence electrons. The number of likely N-dealkylation sites (tertiary alicyclic amines) is 1. The number of benzene rings is 1. The minimum atomic E-state index is 0. The smallest absolute Gasteiger partial charge is 0.193 e. The number of guanidine groups is 1. The third-order valence-electron chi connectivity index (χ3n) is 5.44. The Bertz CT molecular complexity index is 574. The van der Waals surface area contributed by atoms with Crippen molar-refractivity contribution in [3.05, 3.63) is 29.8 Å². The average molecular weight is 472 g/mol. The molecule has 1 atom stereocenters. The molecule has 0 amide bonds. The fourth-order valence-electron chi connectivity index (χ4n) is 3.78. The molecule has 6 heteroatoms. The van der Waals surface area contributed by atoms with Gasteiger partial charge in [-0.1, -0.05) is 19.1 Å². The van der Waals surface area contributed by atoms with Gasteiger partial charge in [0.25, 0.3) is 0 Å². The zero-order valence-corrected chi connectivity index (χ0v) is 18.6. The Labute approximate surface area is 175 Å². The van der Waals surface area contributed by atoms with E-state index in [4.69, 9.17) is 4.74 Å². The topological polar surface area (TPSA) is 40.1 Å². The number of halogens is 1. The van der Waals surface area contributed by atoms with Crippen LogP contribution in [0.1, 0.15) is 37.7 Å². The SMILES string of the molecule is CCN(CCNC(=NC)N1CCC(c2ccc(OC)cc2)C1)C1CC1.I. The second-order valence-electron chi connectivity index (χ2n) is 7.04. The molecule has 3 rings (SSSR count). The van der Waals surface area contributed by atoms with E-state index in [1.54, 1.807) is 7.11 Å². The summed E-state index contributed by atoms with van der Waals surface area (Å²) in [7, 11) is 3.60. The van der Waals surface area contributed by atoms with Crippen LogP contribution < -0.4 is 10.1 Å². The first-order chi connectivity index (χ1) is 12.2. The van der Waals surface area contributed by atoms with Crippen molar-refractivity contribution in [1.29, 1.82) is 0 Å². The summed E-state index contributed by atoms with van der Waals surface area (Å²) in [5.41, 5.74) is 1.39. The molecule has 1 saturated carbocycles. The van der Waals surface area contributed by atoms with Gasteiger partial charge < -0.3 is 15.0 Å². The van der Waals surface area contributed by atoms with Crippen molar-refractivity contribution in [3.8, 4) is 5.75 Å². The van der Waals surface area contributed by atoms with Crippen molar-refractivity contribution in [2.45, 2.75) is 38.1 Å². The summed E-state index contributed by atoms with van der Waals surface area (Å²) < 4.78 is 5.26. The van der Waals surface area contributed by atoms with Crippen LogP contribution in [0.2, 0.25) is 0 Å². The Hall–Kier alpha value is -1.02. The minimum Gasteiger partial charge on any atom is -0.497 e. The first kappa shape index (κ1) is 21.3. The molecule has 1 saturated heterocycles. The van der Waals surface area contributed by atoms with Crippen molar-refractivity contribution in [3.63, 3.8) is 0 Å². The van der Waals surface area contributed by atoms with Gasteiger partial charge in [-0.3, -0.25) is 9.89 Å². The van der Waals surface area contributed by atoms with Gasteiger partial charge in [0.15, 0.2) is 5.96 Å². The van der Waals surface area contributed by atoms with Gasteiger partial charge in [0.1, 0.15) is 5.75 Å². The van der Waals surface area contributed by atoms with E-state index >= 15 is 0 Å². The molecule has 5 nitrogen and oxygen atoms in total. The minimum absolute atomic E-state index is 0. The molecule has 0 radical (unpaired) electrons. The molecule has 1 N–H and O–H groups in total. The van der Waals surface area contributed by atoms with E-state index in [1.165, 1.54) is 24.8 Å². The fraction of sp³-hybridized carbons (Fsp3) is 0.650. The highest BCUT2D eigenvalue weighted by Crippen LogP contribution is 2.28. The predicted octanol–water partition coefficient (Wildman–Crippen LogP) is 3.16. The lowest BCUT2D eigenvalue weighted by atomic mass is 9.98. The van der Waals surface area contributed by atoms with Crippen LogP contribution in [0.4, 0.5) is 0 Å². The Morgan fingerprint density at radius 1 is 1.27 bits per heavy atom. The van der Waals surface area contributed by atoms with Crippen LogP contribution in [0.15, 0.2) is 29.3 Å². The van der Waals surface area contributed by atoms with E-state index < -0.39 is 0 Å². The Kier molecular flexibility index (Phi) is 8.47. The van der Waals surface area contributed by atoms with Gasteiger partial charge in [0, 0.05) is 45.2 Å². The van der Waals surface area contributed by atoms with Crippen LogP contribution in [0.5, 0.6) is 5.75 Å². The highest BCUT2D eigenvalue weighted by molar-refractivity contribution is 14.0. The second-order valence-corrected chi connectivity index (χ2v) is 7.04. The number of aliphatic imine (C=N–C) groups is 1. The summed E-state index contributed by atoms with van der Waals surface area (Å²) in [5, 5.41) is 3.56. The summed E-state index contributed by atoms with van der Waals surface area (Å²) in [6, 6.07) is 9.33. The molecular weight excluding hydrogens is 439 g/mol. The van der Waals surface area contributed by atoms with Crippen molar-refractivity contribution >= 4 is 29.9 Å². The number of likely N-dealkylation sites (N-methyl/N-ethyl adjacent to an activating group) is 1. The second kappa shape index (κ2) is 10.3. The van der Waals surface area contributed by atoms with E-state index in [9.17, 15) is 0 Å². The van der Waals surface area contributed by atoms with Crippen LogP contribution in [-0.4, -0.2) is 68.7 Å². The van der Waals surface area contributed by atoms with Crippen LogP contribution in [0.3, 0.4) is 0 Å². The third-order valence-corrected chi connectivity index (χ3v) is 5.44. The number of nitrogens with one attached hydrogen (secondary N) is 1. The van der Waals surface area contributed by atoms with Gasteiger partial charge in [0.2, 0.25) is 0 Å². The number of nitrogens with zero attached hydrogens (tertiary/aromatic N) is 3. The molecule has 26 heavy (non-hydrogen) atoms. The molecule has 2 aliphatic rings. The number of rotatable bonds is 7. The van der Waals surface area contributed by atoms with Crippen molar-refractivity contribution < 1.29 is 4.74 Å². The van der Waals surface area contributed by atoms with E-state index in [0.717, 1.165) is 50.5 Å². The lowest BCUT2D eigenvalue weighted by Crippen LogP contribution is -2.43. The first-order valence-electron chi connectivity index (χ1n) is 9.58. The number of hydrogen-bond acceptors (Lipinski definition) is 3. The number of hydrogen-bond donors (Lipinski definition) is 1. The van der Waals surface area contributed by atoms with Crippen LogP contribution >= 0.6 is 24.0 Å². The van der Waals surface area contributed by atoms with E-state index in [2.05, 4.69) is 51.3 Å². The monoisotopic (exact) mass is 472 g/mol. The van der Waals surface area contributed by atoms with Crippen molar-refractivity contribution in [2.24, 2.45) is 4.99 Å². The maximum Gasteiger partial charge on any atom is 0.193 e. The maximum absolute atomic E-state index is 5.26. The fourth-order valence-corrected chi connectivity index (χ4v) is 3.78. The first-order valence-corrected chi connectivity index (χ1v) is 9.58. The highest BCUT2D eigenvalue weighted by Gasteiger charge is 2.28. The van der Waals surface area contributed by atoms with Gasteiger partial charge in [-0.25, -0.2) is 0 Å². The largest absolute Gasteiger partial charge is 0.497 e. The summed E-state index contributed by atoms with van der Waals surface area (Å²) in [5.74, 6) is 2.54. The summed E-state index contributed by atoms with van der Waals surface area (Å²) >= 11 is 0. The van der Waals surface area contributed by atoms with E-state index in [0.29, 0.717) is 5.92 Å². The third kappa shape index (κ3) is 5.49. The average Bonchev–Trinajstić information content (AvgIpc) is 3.38. The molecule has 0 bridgehead atoms. The number of ether oxygens (including phenoxy) is 1. The van der Waals surface area contributed by atoms with E-state index in [-0.39, 0.29) is 24.0 Å². The lowest BCUT2D eigenvalue weighted by Gasteiger charge is -2.24. The van der Waals surface area contributed by atoms with Gasteiger partial charge in [-0.15, -0.1) is 24.0 Å². The molecule has 1 heterocycles. The molecule has 1 aliphatic heterocycles. The number of methoxy groups -OCH3 is 1. The molecular formula is C20H33IN4O. The molecule has 1 aliphatic carbocycles. The van der Waals surface area contributed by atoms with Crippen LogP contribution in [0.25, 0.3) is 0 Å². The maximum atomic E-state index is 5.26. The van der Waals surface area contributed by atoms with Gasteiger partial charge >= 0.3 is 0 Å². The van der Waals surface area contributed by atoms with Crippen molar-refractivity contribution in [1.82, 2.24) is 15.1 Å². The summed E-state index contributed by atoms with van der Waals surface area (Å²) in [4.78, 5) is 9.47. The zero-order chi connectivity index (χ0) is 17.6.